The molecule has 1 aromatic rings. The van der Waals surface area contributed by atoms with Gasteiger partial charge in [0, 0.05) is 21.5 Å². The summed E-state index contributed by atoms with van der Waals surface area (Å²) in [6, 6.07) is 2.79. The van der Waals surface area contributed by atoms with Crippen LogP contribution in [0.5, 0.6) is 0 Å². The number of rotatable bonds is 1. The van der Waals surface area contributed by atoms with Crippen molar-refractivity contribution in [3.63, 3.8) is 0 Å². The molecule has 1 unspecified atom stereocenters. The molecule has 2 amide bonds. The van der Waals surface area contributed by atoms with Crippen LogP contribution in [0.4, 0.5) is 4.39 Å². The molecule has 0 saturated carbocycles. The number of amides is 2. The molecule has 1 N–H and O–H groups in total. The fraction of sp³-hybridized carbons (Fsp3) is 0.273. The highest BCUT2D eigenvalue weighted by molar-refractivity contribution is 9.10. The molecule has 2 rings (SSSR count). The van der Waals surface area contributed by atoms with Gasteiger partial charge in [-0.3, -0.25) is 14.9 Å². The van der Waals surface area contributed by atoms with E-state index in [-0.39, 0.29) is 29.3 Å². The van der Waals surface area contributed by atoms with Crippen molar-refractivity contribution >= 4 is 39.3 Å². The minimum absolute atomic E-state index is 0.153. The summed E-state index contributed by atoms with van der Waals surface area (Å²) in [5.74, 6) is -2.07. The van der Waals surface area contributed by atoms with E-state index in [1.165, 1.54) is 12.1 Å². The number of benzene rings is 1. The Morgan fingerprint density at radius 2 is 2.12 bits per heavy atom. The van der Waals surface area contributed by atoms with Gasteiger partial charge >= 0.3 is 0 Å². The van der Waals surface area contributed by atoms with Crippen molar-refractivity contribution in [2.75, 3.05) is 0 Å². The summed E-state index contributed by atoms with van der Waals surface area (Å²) >= 11 is 9.05. The Hall–Kier alpha value is -0.940. The molecule has 0 radical (unpaired) electrons. The van der Waals surface area contributed by atoms with Gasteiger partial charge in [0.05, 0.1) is 5.92 Å². The van der Waals surface area contributed by atoms with Crippen LogP contribution in [0.2, 0.25) is 5.02 Å². The zero-order valence-electron chi connectivity index (χ0n) is 8.60. The van der Waals surface area contributed by atoms with E-state index in [2.05, 4.69) is 21.2 Å². The van der Waals surface area contributed by atoms with Gasteiger partial charge in [-0.05, 0) is 18.6 Å². The number of nitrogens with one attached hydrogen (secondary N) is 1. The Morgan fingerprint density at radius 1 is 1.41 bits per heavy atom. The minimum atomic E-state index is -0.701. The third kappa shape index (κ3) is 2.50. The smallest absolute Gasteiger partial charge is 0.234 e. The average Bonchev–Trinajstić information content (AvgIpc) is 2.19. The Morgan fingerprint density at radius 3 is 2.71 bits per heavy atom. The lowest BCUT2D eigenvalue weighted by Crippen LogP contribution is -2.39. The van der Waals surface area contributed by atoms with Crippen molar-refractivity contribution in [3.05, 3.63) is 33.0 Å². The van der Waals surface area contributed by atoms with E-state index in [0.717, 1.165) is 0 Å². The maximum Gasteiger partial charge on any atom is 0.234 e. The van der Waals surface area contributed by atoms with Gasteiger partial charge in [0.25, 0.3) is 0 Å². The summed E-state index contributed by atoms with van der Waals surface area (Å²) in [5.41, 5.74) is 0.153. The molecule has 1 aliphatic heterocycles. The standard InChI is InChI=1S/C11H8BrClFNO2/c12-5-3-7(13)10(8(14)4-5)6-1-2-9(16)15-11(6)17/h3-4,6H,1-2H2,(H,15,16,17). The first-order valence-corrected chi connectivity index (χ1v) is 6.14. The lowest BCUT2D eigenvalue weighted by Gasteiger charge is -2.22. The molecule has 17 heavy (non-hydrogen) atoms. The van der Waals surface area contributed by atoms with Gasteiger partial charge < -0.3 is 0 Å². The van der Waals surface area contributed by atoms with Gasteiger partial charge in [0.15, 0.2) is 0 Å². The molecule has 1 fully saturated rings. The summed E-state index contributed by atoms with van der Waals surface area (Å²) in [6.07, 6.45) is 0.477. The summed E-state index contributed by atoms with van der Waals surface area (Å²) in [6.45, 7) is 0. The van der Waals surface area contributed by atoms with Crippen LogP contribution in [0.25, 0.3) is 0 Å². The summed E-state index contributed by atoms with van der Waals surface area (Å²) in [7, 11) is 0. The normalized spacial score (nSPS) is 20.3. The van der Waals surface area contributed by atoms with Gasteiger partial charge in [0.2, 0.25) is 11.8 Å². The number of imide groups is 1. The van der Waals surface area contributed by atoms with Crippen LogP contribution < -0.4 is 5.32 Å². The van der Waals surface area contributed by atoms with E-state index in [1.54, 1.807) is 0 Å². The zero-order valence-corrected chi connectivity index (χ0v) is 10.9. The topological polar surface area (TPSA) is 46.2 Å². The second kappa shape index (κ2) is 4.74. The molecule has 0 aliphatic carbocycles. The van der Waals surface area contributed by atoms with Crippen LogP contribution in [0.1, 0.15) is 24.3 Å². The second-order valence-electron chi connectivity index (χ2n) is 3.79. The average molecular weight is 321 g/mol. The molecular formula is C11H8BrClFNO2. The van der Waals surface area contributed by atoms with Crippen molar-refractivity contribution in [2.24, 2.45) is 0 Å². The molecule has 1 aromatic carbocycles. The predicted octanol–water partition coefficient (Wildman–Crippen LogP) is 2.76. The monoisotopic (exact) mass is 319 g/mol. The van der Waals surface area contributed by atoms with Crippen LogP contribution in [0.3, 0.4) is 0 Å². The van der Waals surface area contributed by atoms with E-state index in [0.29, 0.717) is 4.47 Å². The number of hydrogen-bond acceptors (Lipinski definition) is 2. The van der Waals surface area contributed by atoms with Gasteiger partial charge in [-0.1, -0.05) is 27.5 Å². The highest BCUT2D eigenvalue weighted by atomic mass is 79.9. The quantitative estimate of drug-likeness (QED) is 0.809. The van der Waals surface area contributed by atoms with Crippen LogP contribution in [0, 0.1) is 5.82 Å². The highest BCUT2D eigenvalue weighted by Gasteiger charge is 2.31. The lowest BCUT2D eigenvalue weighted by molar-refractivity contribution is -0.134. The van der Waals surface area contributed by atoms with Crippen molar-refractivity contribution in [1.82, 2.24) is 5.32 Å². The SMILES string of the molecule is O=C1CCC(c2c(F)cc(Br)cc2Cl)C(=O)N1. The lowest BCUT2D eigenvalue weighted by atomic mass is 9.90. The number of carbonyl (C=O) groups is 2. The largest absolute Gasteiger partial charge is 0.296 e. The minimum Gasteiger partial charge on any atom is -0.296 e. The summed E-state index contributed by atoms with van der Waals surface area (Å²) < 4.78 is 14.3. The number of hydrogen-bond donors (Lipinski definition) is 1. The van der Waals surface area contributed by atoms with Gasteiger partial charge in [-0.15, -0.1) is 0 Å². The highest BCUT2D eigenvalue weighted by Crippen LogP contribution is 2.34. The fourth-order valence-electron chi connectivity index (χ4n) is 1.86. The molecule has 1 heterocycles. The second-order valence-corrected chi connectivity index (χ2v) is 5.11. The zero-order chi connectivity index (χ0) is 12.6. The van der Waals surface area contributed by atoms with Gasteiger partial charge in [-0.2, -0.15) is 0 Å². The number of halogens is 3. The maximum atomic E-state index is 13.8. The molecule has 0 bridgehead atoms. The summed E-state index contributed by atoms with van der Waals surface area (Å²) in [5, 5.41) is 2.37. The molecule has 1 atom stereocenters. The molecule has 0 spiro atoms. The van der Waals surface area contributed by atoms with Gasteiger partial charge in [-0.25, -0.2) is 4.39 Å². The molecule has 1 aliphatic rings. The first-order valence-electron chi connectivity index (χ1n) is 4.97. The van der Waals surface area contributed by atoms with Crippen molar-refractivity contribution in [1.29, 1.82) is 0 Å². The summed E-state index contributed by atoms with van der Waals surface area (Å²) in [4.78, 5) is 22.6. The Labute approximate surface area is 110 Å². The molecule has 6 heteroatoms. The third-order valence-electron chi connectivity index (χ3n) is 2.63. The molecule has 90 valence electrons. The molecule has 0 aromatic heterocycles. The van der Waals surface area contributed by atoms with Crippen LogP contribution in [0.15, 0.2) is 16.6 Å². The Bertz CT molecular complexity index is 483. The van der Waals surface area contributed by atoms with E-state index in [4.69, 9.17) is 11.6 Å². The number of carbonyl (C=O) groups excluding carboxylic acids is 2. The Balaban J connectivity index is 2.40. The van der Waals surface area contributed by atoms with Crippen molar-refractivity contribution < 1.29 is 14.0 Å². The number of piperidine rings is 1. The van der Waals surface area contributed by atoms with Crippen LogP contribution in [-0.2, 0) is 9.59 Å². The first kappa shape index (κ1) is 12.5. The van der Waals surface area contributed by atoms with E-state index in [1.807, 2.05) is 0 Å². The van der Waals surface area contributed by atoms with E-state index in [9.17, 15) is 14.0 Å². The third-order valence-corrected chi connectivity index (χ3v) is 3.40. The maximum absolute atomic E-state index is 13.8. The predicted molar refractivity (Wildman–Crippen MR) is 64.2 cm³/mol. The van der Waals surface area contributed by atoms with E-state index >= 15 is 0 Å². The molecular weight excluding hydrogens is 312 g/mol. The van der Waals surface area contributed by atoms with Crippen LogP contribution >= 0.6 is 27.5 Å². The van der Waals surface area contributed by atoms with Crippen molar-refractivity contribution in [2.45, 2.75) is 18.8 Å². The first-order chi connectivity index (χ1) is 7.99. The fourth-order valence-corrected chi connectivity index (χ4v) is 2.76. The molecule has 1 saturated heterocycles. The Kier molecular flexibility index (Phi) is 3.49. The molecule has 3 nitrogen and oxygen atoms in total. The van der Waals surface area contributed by atoms with Gasteiger partial charge in [0.1, 0.15) is 5.82 Å². The van der Waals surface area contributed by atoms with Crippen LogP contribution in [-0.4, -0.2) is 11.8 Å². The van der Waals surface area contributed by atoms with E-state index < -0.39 is 17.6 Å². The van der Waals surface area contributed by atoms with Crippen molar-refractivity contribution in [3.8, 4) is 0 Å².